The second-order valence-electron chi connectivity index (χ2n) is 5.00. The molecule has 2 rings (SSSR count). The molecule has 102 valence electrons. The number of nitrogens with one attached hydrogen (secondary N) is 2. The summed E-state index contributed by atoms with van der Waals surface area (Å²) in [4.78, 5) is 9.45. The topological polar surface area (TPSA) is 78.1 Å². The quantitative estimate of drug-likeness (QED) is 0.748. The highest BCUT2D eigenvalue weighted by Gasteiger charge is 2.21. The standard InChI is InChI=1S/C11H20N4O2S/c1-15(3-4-18(2,16)17)7-9-5-10-11(6-12-9)14-8-13-10/h8-9,12H,3-7H2,1-2H3,(H,13,14). The fourth-order valence-electron chi connectivity index (χ4n) is 2.15. The molecule has 1 aliphatic rings. The Hall–Kier alpha value is -0.920. The van der Waals surface area contributed by atoms with Crippen LogP contribution in [0.2, 0.25) is 0 Å². The van der Waals surface area contributed by atoms with Gasteiger partial charge in [0.15, 0.2) is 0 Å². The number of aromatic amines is 1. The molecule has 18 heavy (non-hydrogen) atoms. The van der Waals surface area contributed by atoms with Crippen LogP contribution in [0.1, 0.15) is 11.4 Å². The fraction of sp³-hybridized carbons (Fsp3) is 0.727. The van der Waals surface area contributed by atoms with Crippen LogP contribution < -0.4 is 5.32 Å². The largest absolute Gasteiger partial charge is 0.347 e. The fourth-order valence-corrected chi connectivity index (χ4v) is 2.79. The van der Waals surface area contributed by atoms with E-state index < -0.39 is 9.84 Å². The molecule has 0 amide bonds. The van der Waals surface area contributed by atoms with Gasteiger partial charge >= 0.3 is 0 Å². The molecule has 0 radical (unpaired) electrons. The average molecular weight is 272 g/mol. The van der Waals surface area contributed by atoms with Gasteiger partial charge in [0.2, 0.25) is 0 Å². The number of H-pyrrole nitrogens is 1. The molecule has 1 aliphatic heterocycles. The third kappa shape index (κ3) is 3.79. The minimum Gasteiger partial charge on any atom is -0.347 e. The molecule has 1 atom stereocenters. The van der Waals surface area contributed by atoms with Gasteiger partial charge in [-0.1, -0.05) is 0 Å². The van der Waals surface area contributed by atoms with Gasteiger partial charge in [-0.3, -0.25) is 0 Å². The molecule has 0 spiro atoms. The lowest BCUT2D eigenvalue weighted by molar-refractivity contribution is 0.291. The number of hydrogen-bond acceptors (Lipinski definition) is 5. The van der Waals surface area contributed by atoms with Gasteiger partial charge in [0.1, 0.15) is 9.84 Å². The summed E-state index contributed by atoms with van der Waals surface area (Å²) in [6, 6.07) is 0.338. The highest BCUT2D eigenvalue weighted by molar-refractivity contribution is 7.90. The summed E-state index contributed by atoms with van der Waals surface area (Å²) in [6.45, 7) is 2.21. The van der Waals surface area contributed by atoms with Crippen molar-refractivity contribution in [2.45, 2.75) is 19.0 Å². The first-order valence-electron chi connectivity index (χ1n) is 6.05. The Bertz CT molecular complexity index is 497. The number of aromatic nitrogens is 2. The van der Waals surface area contributed by atoms with E-state index in [9.17, 15) is 8.42 Å². The van der Waals surface area contributed by atoms with E-state index in [1.807, 2.05) is 7.05 Å². The van der Waals surface area contributed by atoms with E-state index in [1.165, 1.54) is 6.26 Å². The summed E-state index contributed by atoms with van der Waals surface area (Å²) in [7, 11) is -0.928. The van der Waals surface area contributed by atoms with E-state index in [2.05, 4.69) is 20.2 Å². The monoisotopic (exact) mass is 272 g/mol. The summed E-state index contributed by atoms with van der Waals surface area (Å²) >= 11 is 0. The Kier molecular flexibility index (Phi) is 4.04. The molecule has 0 saturated heterocycles. The maximum absolute atomic E-state index is 11.1. The number of rotatable bonds is 5. The van der Waals surface area contributed by atoms with Crippen molar-refractivity contribution in [1.29, 1.82) is 0 Å². The minimum absolute atomic E-state index is 0.212. The highest BCUT2D eigenvalue weighted by atomic mass is 32.2. The first kappa shape index (κ1) is 13.5. The number of imidazole rings is 1. The van der Waals surface area contributed by atoms with E-state index in [-0.39, 0.29) is 5.75 Å². The van der Waals surface area contributed by atoms with Crippen molar-refractivity contribution in [2.24, 2.45) is 0 Å². The zero-order valence-electron chi connectivity index (χ0n) is 10.8. The molecular weight excluding hydrogens is 252 g/mol. The van der Waals surface area contributed by atoms with E-state index in [0.29, 0.717) is 12.6 Å². The lowest BCUT2D eigenvalue weighted by Gasteiger charge is -2.27. The van der Waals surface area contributed by atoms with Crippen LogP contribution in [0.15, 0.2) is 6.33 Å². The van der Waals surface area contributed by atoms with E-state index >= 15 is 0 Å². The van der Waals surface area contributed by atoms with E-state index in [0.717, 1.165) is 30.9 Å². The normalized spacial score (nSPS) is 20.1. The molecule has 2 N–H and O–H groups in total. The third-order valence-electron chi connectivity index (χ3n) is 3.19. The molecule has 2 heterocycles. The summed E-state index contributed by atoms with van der Waals surface area (Å²) in [5, 5.41) is 3.43. The lowest BCUT2D eigenvalue weighted by atomic mass is 10.1. The van der Waals surface area contributed by atoms with Crippen molar-refractivity contribution >= 4 is 9.84 Å². The predicted molar refractivity (Wildman–Crippen MR) is 70.1 cm³/mol. The Morgan fingerprint density at radius 2 is 2.33 bits per heavy atom. The number of fused-ring (bicyclic) bond motifs is 1. The van der Waals surface area contributed by atoms with E-state index in [1.54, 1.807) is 6.33 Å². The van der Waals surface area contributed by atoms with Gasteiger partial charge in [0.05, 0.1) is 23.5 Å². The van der Waals surface area contributed by atoms with Gasteiger partial charge in [-0.25, -0.2) is 13.4 Å². The second-order valence-corrected chi connectivity index (χ2v) is 7.26. The Morgan fingerprint density at radius 1 is 1.56 bits per heavy atom. The number of sulfone groups is 1. The summed E-state index contributed by atoms with van der Waals surface area (Å²) in [5.74, 6) is 0.212. The number of hydrogen-bond donors (Lipinski definition) is 2. The van der Waals surface area contributed by atoms with Gasteiger partial charge in [-0.15, -0.1) is 0 Å². The van der Waals surface area contributed by atoms with Crippen LogP contribution in [0.3, 0.4) is 0 Å². The summed E-state index contributed by atoms with van der Waals surface area (Å²) in [6.07, 6.45) is 3.89. The zero-order chi connectivity index (χ0) is 13.2. The van der Waals surface area contributed by atoms with Crippen molar-refractivity contribution < 1.29 is 8.42 Å². The van der Waals surface area contributed by atoms with Crippen LogP contribution in [-0.2, 0) is 22.8 Å². The van der Waals surface area contributed by atoms with Gasteiger partial charge in [0, 0.05) is 38.4 Å². The Balaban J connectivity index is 1.81. The second kappa shape index (κ2) is 5.38. The highest BCUT2D eigenvalue weighted by Crippen LogP contribution is 2.12. The molecule has 6 nitrogen and oxygen atoms in total. The third-order valence-corrected chi connectivity index (χ3v) is 4.11. The number of nitrogens with zero attached hydrogens (tertiary/aromatic N) is 2. The first-order chi connectivity index (χ1) is 8.44. The molecule has 0 aliphatic carbocycles. The maximum Gasteiger partial charge on any atom is 0.148 e. The van der Waals surface area contributed by atoms with Crippen LogP contribution in [0.4, 0.5) is 0 Å². The molecule has 1 aromatic rings. The SMILES string of the molecule is CN(CCS(C)(=O)=O)CC1Cc2nc[nH]c2CN1. The van der Waals surface area contributed by atoms with Crippen LogP contribution in [0, 0.1) is 0 Å². The van der Waals surface area contributed by atoms with Crippen molar-refractivity contribution in [3.05, 3.63) is 17.7 Å². The molecule has 0 bridgehead atoms. The van der Waals surface area contributed by atoms with Gasteiger partial charge in [-0.05, 0) is 7.05 Å². The number of likely N-dealkylation sites (N-methyl/N-ethyl adjacent to an activating group) is 1. The maximum atomic E-state index is 11.1. The van der Waals surface area contributed by atoms with E-state index in [4.69, 9.17) is 0 Å². The summed E-state index contributed by atoms with van der Waals surface area (Å²) in [5.41, 5.74) is 2.28. The van der Waals surface area contributed by atoms with Crippen LogP contribution >= 0.6 is 0 Å². The van der Waals surface area contributed by atoms with Crippen molar-refractivity contribution in [1.82, 2.24) is 20.2 Å². The Morgan fingerprint density at radius 3 is 3.06 bits per heavy atom. The van der Waals surface area contributed by atoms with Gasteiger partial charge in [-0.2, -0.15) is 0 Å². The van der Waals surface area contributed by atoms with Crippen LogP contribution in [0.5, 0.6) is 0 Å². The predicted octanol–water partition coefficient (Wildman–Crippen LogP) is -0.600. The minimum atomic E-state index is -2.88. The first-order valence-corrected chi connectivity index (χ1v) is 8.11. The Labute approximate surface area is 108 Å². The molecule has 1 aromatic heterocycles. The van der Waals surface area contributed by atoms with Crippen LogP contribution in [0.25, 0.3) is 0 Å². The lowest BCUT2D eigenvalue weighted by Crippen LogP contribution is -2.44. The molecule has 0 fully saturated rings. The van der Waals surface area contributed by atoms with Gasteiger partial charge < -0.3 is 15.2 Å². The molecule has 1 unspecified atom stereocenters. The molecule has 0 aromatic carbocycles. The average Bonchev–Trinajstić information content (AvgIpc) is 2.72. The zero-order valence-corrected chi connectivity index (χ0v) is 11.6. The molecule has 0 saturated carbocycles. The van der Waals surface area contributed by atoms with Crippen LogP contribution in [-0.4, -0.2) is 61.5 Å². The molecular formula is C11H20N4O2S. The van der Waals surface area contributed by atoms with Crippen molar-refractivity contribution in [3.63, 3.8) is 0 Å². The smallest absolute Gasteiger partial charge is 0.148 e. The molecule has 7 heteroatoms. The van der Waals surface area contributed by atoms with Gasteiger partial charge in [0.25, 0.3) is 0 Å². The van der Waals surface area contributed by atoms with Crippen molar-refractivity contribution in [3.8, 4) is 0 Å². The summed E-state index contributed by atoms with van der Waals surface area (Å²) < 4.78 is 22.2. The van der Waals surface area contributed by atoms with Crippen molar-refractivity contribution in [2.75, 3.05) is 32.1 Å².